The minimum Gasteiger partial charge on any atom is -0.316 e. The molecule has 1 aliphatic heterocycles. The number of rotatable bonds is 6. The highest BCUT2D eigenvalue weighted by Gasteiger charge is 2.14. The van der Waals surface area contributed by atoms with E-state index >= 15 is 0 Å². The largest absolute Gasteiger partial charge is 0.316 e. The summed E-state index contributed by atoms with van der Waals surface area (Å²) in [7, 11) is 0. The summed E-state index contributed by atoms with van der Waals surface area (Å²) in [4.78, 5) is 1.82. The molecule has 1 N–H and O–H groups in total. The van der Waals surface area contributed by atoms with Crippen molar-refractivity contribution in [2.24, 2.45) is 5.92 Å². The third-order valence-corrected chi connectivity index (χ3v) is 5.28. The summed E-state index contributed by atoms with van der Waals surface area (Å²) in [5.41, 5.74) is 4.35. The monoisotopic (exact) mass is 366 g/mol. The smallest absolute Gasteiger partial charge is 0.113 e. The van der Waals surface area contributed by atoms with Gasteiger partial charge < -0.3 is 5.32 Å². The van der Waals surface area contributed by atoms with Gasteiger partial charge in [-0.25, -0.2) is 0 Å². The van der Waals surface area contributed by atoms with E-state index in [2.05, 4.69) is 39.8 Å². The van der Waals surface area contributed by atoms with Gasteiger partial charge in [-0.2, -0.15) is 15.0 Å². The quantitative estimate of drug-likeness (QED) is 0.690. The fourth-order valence-electron chi connectivity index (χ4n) is 3.50. The van der Waals surface area contributed by atoms with E-state index in [4.69, 9.17) is 11.6 Å². The van der Waals surface area contributed by atoms with Crippen LogP contribution in [-0.4, -0.2) is 28.1 Å². The molecule has 26 heavy (non-hydrogen) atoms. The topological polar surface area (TPSA) is 42.7 Å². The second kappa shape index (κ2) is 8.02. The second-order valence-corrected chi connectivity index (χ2v) is 7.35. The molecule has 1 saturated heterocycles. The standard InChI is InChI=1S/C21H23ClN4/c22-20-9-7-18(8-10-20)17-3-5-19(6-4-17)21-15-24-26(25-21)13-1-2-16-11-12-23-14-16/h3-10,15-16,23H,1-2,11-14H2. The molecule has 5 heteroatoms. The maximum Gasteiger partial charge on any atom is 0.113 e. The molecule has 0 amide bonds. The van der Waals surface area contributed by atoms with Gasteiger partial charge in [0, 0.05) is 10.6 Å². The Bertz CT molecular complexity index is 833. The first-order chi connectivity index (χ1) is 12.8. The lowest BCUT2D eigenvalue weighted by molar-refractivity contribution is 0.440. The molecular formula is C21H23ClN4. The predicted octanol–water partition coefficient (Wildman–Crippen LogP) is 4.66. The van der Waals surface area contributed by atoms with Gasteiger partial charge in [0.25, 0.3) is 0 Å². The molecule has 2 aromatic carbocycles. The Morgan fingerprint density at radius 3 is 2.38 bits per heavy atom. The maximum absolute atomic E-state index is 5.96. The number of benzene rings is 2. The highest BCUT2D eigenvalue weighted by molar-refractivity contribution is 6.30. The average Bonchev–Trinajstić information content (AvgIpc) is 3.35. The molecular weight excluding hydrogens is 344 g/mol. The van der Waals surface area contributed by atoms with E-state index in [9.17, 15) is 0 Å². The normalized spacial score (nSPS) is 16.9. The van der Waals surface area contributed by atoms with Crippen molar-refractivity contribution in [1.82, 2.24) is 20.3 Å². The van der Waals surface area contributed by atoms with Crippen molar-refractivity contribution in [1.29, 1.82) is 0 Å². The summed E-state index contributed by atoms with van der Waals surface area (Å²) in [6.45, 7) is 3.22. The van der Waals surface area contributed by atoms with E-state index in [0.717, 1.165) is 47.3 Å². The Morgan fingerprint density at radius 2 is 1.69 bits per heavy atom. The van der Waals surface area contributed by atoms with E-state index in [1.165, 1.54) is 24.9 Å². The molecule has 2 heterocycles. The van der Waals surface area contributed by atoms with Crippen LogP contribution in [0.1, 0.15) is 19.3 Å². The van der Waals surface area contributed by atoms with Crippen molar-refractivity contribution in [2.75, 3.05) is 13.1 Å². The van der Waals surface area contributed by atoms with Gasteiger partial charge in [-0.05, 0) is 61.5 Å². The van der Waals surface area contributed by atoms with Crippen molar-refractivity contribution in [2.45, 2.75) is 25.8 Å². The molecule has 0 aliphatic carbocycles. The van der Waals surface area contributed by atoms with Crippen LogP contribution in [-0.2, 0) is 6.54 Å². The molecule has 3 aromatic rings. The number of aryl methyl sites for hydroxylation is 1. The summed E-state index contributed by atoms with van der Waals surface area (Å²) in [5, 5.41) is 13.2. The fraction of sp³-hybridized carbons (Fsp3) is 0.333. The van der Waals surface area contributed by atoms with Crippen LogP contribution in [0.5, 0.6) is 0 Å². The highest BCUT2D eigenvalue weighted by Crippen LogP contribution is 2.25. The zero-order chi connectivity index (χ0) is 17.8. The van der Waals surface area contributed by atoms with Crippen LogP contribution in [0.3, 0.4) is 0 Å². The molecule has 1 aromatic heterocycles. The summed E-state index contributed by atoms with van der Waals surface area (Å²) >= 11 is 5.96. The van der Waals surface area contributed by atoms with Crippen LogP contribution in [0.2, 0.25) is 5.02 Å². The zero-order valence-corrected chi connectivity index (χ0v) is 15.5. The van der Waals surface area contributed by atoms with Gasteiger partial charge in [-0.3, -0.25) is 0 Å². The third kappa shape index (κ3) is 4.14. The first-order valence-electron chi connectivity index (χ1n) is 9.25. The van der Waals surface area contributed by atoms with E-state index < -0.39 is 0 Å². The molecule has 134 valence electrons. The van der Waals surface area contributed by atoms with Crippen LogP contribution in [0.25, 0.3) is 22.4 Å². The molecule has 1 fully saturated rings. The summed E-state index contributed by atoms with van der Waals surface area (Å²) in [6.07, 6.45) is 5.54. The minimum absolute atomic E-state index is 0.756. The van der Waals surface area contributed by atoms with E-state index in [1.807, 2.05) is 35.3 Å². The lowest BCUT2D eigenvalue weighted by atomic mass is 10.0. The summed E-state index contributed by atoms with van der Waals surface area (Å²) in [5.74, 6) is 0.824. The van der Waals surface area contributed by atoms with Gasteiger partial charge in [-0.1, -0.05) is 48.0 Å². The van der Waals surface area contributed by atoms with Crippen molar-refractivity contribution in [3.05, 3.63) is 59.8 Å². The lowest BCUT2D eigenvalue weighted by Gasteiger charge is -2.06. The first-order valence-corrected chi connectivity index (χ1v) is 9.63. The van der Waals surface area contributed by atoms with Crippen LogP contribution < -0.4 is 5.32 Å². The SMILES string of the molecule is Clc1ccc(-c2ccc(-c3cnn(CCCC4CCNC4)n3)cc2)cc1. The van der Waals surface area contributed by atoms with Gasteiger partial charge in [0.1, 0.15) is 5.69 Å². The maximum atomic E-state index is 5.96. The number of aromatic nitrogens is 3. The second-order valence-electron chi connectivity index (χ2n) is 6.91. The van der Waals surface area contributed by atoms with Crippen molar-refractivity contribution in [3.63, 3.8) is 0 Å². The van der Waals surface area contributed by atoms with Crippen LogP contribution in [0.15, 0.2) is 54.7 Å². The highest BCUT2D eigenvalue weighted by atomic mass is 35.5. The van der Waals surface area contributed by atoms with E-state index in [-0.39, 0.29) is 0 Å². The van der Waals surface area contributed by atoms with E-state index in [0.29, 0.717) is 0 Å². The van der Waals surface area contributed by atoms with Gasteiger partial charge in [0.15, 0.2) is 0 Å². The molecule has 1 atom stereocenters. The first kappa shape index (κ1) is 17.3. The van der Waals surface area contributed by atoms with Crippen LogP contribution in [0.4, 0.5) is 0 Å². The number of nitrogens with zero attached hydrogens (tertiary/aromatic N) is 3. The minimum atomic E-state index is 0.756. The Morgan fingerprint density at radius 1 is 1.00 bits per heavy atom. The fourth-order valence-corrected chi connectivity index (χ4v) is 3.62. The predicted molar refractivity (Wildman–Crippen MR) is 106 cm³/mol. The number of halogens is 1. The lowest BCUT2D eigenvalue weighted by Crippen LogP contribution is -2.10. The summed E-state index contributed by atoms with van der Waals surface area (Å²) in [6, 6.07) is 16.3. The Balaban J connectivity index is 1.38. The van der Waals surface area contributed by atoms with E-state index in [1.54, 1.807) is 0 Å². The van der Waals surface area contributed by atoms with Gasteiger partial charge in [0.2, 0.25) is 0 Å². The van der Waals surface area contributed by atoms with Crippen LogP contribution in [0, 0.1) is 5.92 Å². The Labute approximate surface area is 159 Å². The Hall–Kier alpha value is -2.17. The molecule has 0 radical (unpaired) electrons. The average molecular weight is 367 g/mol. The van der Waals surface area contributed by atoms with Crippen molar-refractivity contribution >= 4 is 11.6 Å². The number of hydrogen-bond donors (Lipinski definition) is 1. The molecule has 0 saturated carbocycles. The molecule has 1 unspecified atom stereocenters. The summed E-state index contributed by atoms with van der Waals surface area (Å²) < 4.78 is 0. The number of hydrogen-bond acceptors (Lipinski definition) is 3. The van der Waals surface area contributed by atoms with Crippen LogP contribution >= 0.6 is 11.6 Å². The third-order valence-electron chi connectivity index (χ3n) is 5.03. The zero-order valence-electron chi connectivity index (χ0n) is 14.7. The Kier molecular flexibility index (Phi) is 5.32. The molecule has 4 rings (SSSR count). The van der Waals surface area contributed by atoms with Gasteiger partial charge in [-0.15, -0.1) is 0 Å². The number of nitrogens with one attached hydrogen (secondary N) is 1. The molecule has 1 aliphatic rings. The van der Waals surface area contributed by atoms with Gasteiger partial charge in [0.05, 0.1) is 12.7 Å². The molecule has 0 spiro atoms. The van der Waals surface area contributed by atoms with Gasteiger partial charge >= 0.3 is 0 Å². The van der Waals surface area contributed by atoms with Crippen molar-refractivity contribution in [3.8, 4) is 22.4 Å². The molecule has 0 bridgehead atoms. The van der Waals surface area contributed by atoms with Crippen molar-refractivity contribution < 1.29 is 0 Å². The molecule has 4 nitrogen and oxygen atoms in total.